The maximum atomic E-state index is 6.20. The quantitative estimate of drug-likeness (QED) is 0.666. The van der Waals surface area contributed by atoms with Crippen molar-refractivity contribution < 1.29 is 9.47 Å². The average molecular weight is 371 g/mol. The van der Waals surface area contributed by atoms with Gasteiger partial charge in [0.25, 0.3) is 0 Å². The molecular weight excluding hydrogens is 352 g/mol. The molecule has 0 saturated carbocycles. The van der Waals surface area contributed by atoms with E-state index in [0.29, 0.717) is 28.0 Å². The second-order valence-electron chi connectivity index (χ2n) is 5.78. The standard InChI is InChI=1S/C19H19ClN4O2/c1-11-4-7-16(25-3)15(8-11)24-18-17(21)19(23-10-22-18)26-13-5-6-14(20)12(2)9-13/h4-10H,21H2,1-3H3,(H,22,23,24). The van der Waals surface area contributed by atoms with Gasteiger partial charge in [0.15, 0.2) is 5.82 Å². The van der Waals surface area contributed by atoms with Crippen molar-refractivity contribution in [2.45, 2.75) is 13.8 Å². The summed E-state index contributed by atoms with van der Waals surface area (Å²) in [4.78, 5) is 8.33. The Morgan fingerprint density at radius 3 is 2.62 bits per heavy atom. The molecule has 0 fully saturated rings. The fraction of sp³-hybridized carbons (Fsp3) is 0.158. The molecule has 3 N–H and O–H groups in total. The molecular formula is C19H19ClN4O2. The molecule has 3 rings (SSSR count). The summed E-state index contributed by atoms with van der Waals surface area (Å²) in [5.41, 5.74) is 9.23. The van der Waals surface area contributed by atoms with Gasteiger partial charge < -0.3 is 20.5 Å². The molecule has 26 heavy (non-hydrogen) atoms. The van der Waals surface area contributed by atoms with Crippen LogP contribution < -0.4 is 20.5 Å². The summed E-state index contributed by atoms with van der Waals surface area (Å²) in [6.07, 6.45) is 1.39. The molecule has 0 amide bonds. The van der Waals surface area contributed by atoms with Crippen LogP contribution >= 0.6 is 11.6 Å². The third kappa shape index (κ3) is 3.81. The van der Waals surface area contributed by atoms with Crippen LogP contribution in [0.4, 0.5) is 17.2 Å². The van der Waals surface area contributed by atoms with Crippen LogP contribution in [0.25, 0.3) is 0 Å². The van der Waals surface area contributed by atoms with Gasteiger partial charge in [-0.05, 0) is 55.3 Å². The first kappa shape index (κ1) is 17.8. The Morgan fingerprint density at radius 1 is 1.08 bits per heavy atom. The van der Waals surface area contributed by atoms with Crippen molar-refractivity contribution in [1.82, 2.24) is 9.97 Å². The number of nitrogens with one attached hydrogen (secondary N) is 1. The molecule has 1 heterocycles. The summed E-state index contributed by atoms with van der Waals surface area (Å²) in [5.74, 6) is 1.97. The molecule has 7 heteroatoms. The molecule has 6 nitrogen and oxygen atoms in total. The molecule has 134 valence electrons. The molecule has 0 atom stereocenters. The third-order valence-corrected chi connectivity index (χ3v) is 4.22. The molecule has 0 saturated heterocycles. The number of benzene rings is 2. The highest BCUT2D eigenvalue weighted by Crippen LogP contribution is 2.34. The first-order valence-electron chi connectivity index (χ1n) is 7.94. The molecule has 0 radical (unpaired) electrons. The van der Waals surface area contributed by atoms with Gasteiger partial charge in [-0.3, -0.25) is 0 Å². The molecule has 0 bridgehead atoms. The maximum absolute atomic E-state index is 6.20. The fourth-order valence-corrected chi connectivity index (χ4v) is 2.52. The van der Waals surface area contributed by atoms with E-state index >= 15 is 0 Å². The number of aromatic nitrogens is 2. The Morgan fingerprint density at radius 2 is 1.88 bits per heavy atom. The number of aryl methyl sites for hydroxylation is 2. The largest absolute Gasteiger partial charge is 0.495 e. The topological polar surface area (TPSA) is 82.3 Å². The number of hydrogen-bond donors (Lipinski definition) is 2. The highest BCUT2D eigenvalue weighted by Gasteiger charge is 2.13. The van der Waals surface area contributed by atoms with Crippen molar-refractivity contribution in [3.8, 4) is 17.4 Å². The van der Waals surface area contributed by atoms with Gasteiger partial charge in [-0.1, -0.05) is 17.7 Å². The highest BCUT2D eigenvalue weighted by molar-refractivity contribution is 6.31. The molecule has 0 aliphatic carbocycles. The minimum absolute atomic E-state index is 0.260. The van der Waals surface area contributed by atoms with Crippen molar-refractivity contribution in [3.63, 3.8) is 0 Å². The minimum atomic E-state index is 0.260. The van der Waals surface area contributed by atoms with Gasteiger partial charge in [-0.25, -0.2) is 4.98 Å². The predicted octanol–water partition coefficient (Wildman–Crippen LogP) is 4.87. The van der Waals surface area contributed by atoms with Crippen molar-refractivity contribution in [2.75, 3.05) is 18.2 Å². The van der Waals surface area contributed by atoms with Crippen LogP contribution in [0.5, 0.6) is 17.4 Å². The SMILES string of the molecule is COc1ccc(C)cc1Nc1ncnc(Oc2ccc(Cl)c(C)c2)c1N. The summed E-state index contributed by atoms with van der Waals surface area (Å²) in [7, 11) is 1.61. The lowest BCUT2D eigenvalue weighted by atomic mass is 10.2. The summed E-state index contributed by atoms with van der Waals surface area (Å²) in [6.45, 7) is 3.89. The maximum Gasteiger partial charge on any atom is 0.248 e. The van der Waals surface area contributed by atoms with E-state index < -0.39 is 0 Å². The highest BCUT2D eigenvalue weighted by atomic mass is 35.5. The number of nitrogens with zero attached hydrogens (tertiary/aromatic N) is 2. The average Bonchev–Trinajstić information content (AvgIpc) is 2.62. The summed E-state index contributed by atoms with van der Waals surface area (Å²) < 4.78 is 11.2. The summed E-state index contributed by atoms with van der Waals surface area (Å²) >= 11 is 6.04. The number of ether oxygens (including phenoxy) is 2. The lowest BCUT2D eigenvalue weighted by Crippen LogP contribution is -2.04. The number of nitrogens with two attached hydrogens (primary N) is 1. The van der Waals surface area contributed by atoms with Crippen molar-refractivity contribution in [1.29, 1.82) is 0 Å². The first-order chi connectivity index (χ1) is 12.5. The van der Waals surface area contributed by atoms with Crippen molar-refractivity contribution in [3.05, 3.63) is 58.9 Å². The van der Waals surface area contributed by atoms with E-state index in [1.165, 1.54) is 6.33 Å². The molecule has 0 aliphatic rings. The molecule has 0 spiro atoms. The zero-order valence-electron chi connectivity index (χ0n) is 14.7. The molecule has 1 aromatic heterocycles. The number of rotatable bonds is 5. The van der Waals surface area contributed by atoms with Crippen LogP contribution in [-0.4, -0.2) is 17.1 Å². The van der Waals surface area contributed by atoms with Crippen LogP contribution in [-0.2, 0) is 0 Å². The first-order valence-corrected chi connectivity index (χ1v) is 8.32. The van der Waals surface area contributed by atoms with Crippen molar-refractivity contribution in [2.24, 2.45) is 0 Å². The Kier molecular flexibility index (Phi) is 5.14. The Labute approximate surface area is 156 Å². The molecule has 2 aromatic carbocycles. The zero-order valence-corrected chi connectivity index (χ0v) is 15.5. The Balaban J connectivity index is 1.90. The van der Waals surface area contributed by atoms with Crippen molar-refractivity contribution >= 4 is 28.8 Å². The van der Waals surface area contributed by atoms with E-state index in [0.717, 1.165) is 16.8 Å². The monoisotopic (exact) mass is 370 g/mol. The smallest absolute Gasteiger partial charge is 0.248 e. The van der Waals surface area contributed by atoms with E-state index in [9.17, 15) is 0 Å². The predicted molar refractivity (Wildman–Crippen MR) is 104 cm³/mol. The van der Waals surface area contributed by atoms with E-state index in [4.69, 9.17) is 26.8 Å². The number of halogens is 1. The van der Waals surface area contributed by atoms with Gasteiger partial charge in [0.1, 0.15) is 23.5 Å². The van der Waals surface area contributed by atoms with E-state index in [-0.39, 0.29) is 5.88 Å². The van der Waals surface area contributed by atoms with Gasteiger partial charge >= 0.3 is 0 Å². The lowest BCUT2D eigenvalue weighted by molar-refractivity contribution is 0.416. The van der Waals surface area contributed by atoms with Crippen LogP contribution in [0, 0.1) is 13.8 Å². The molecule has 3 aromatic rings. The number of hydrogen-bond acceptors (Lipinski definition) is 6. The van der Waals surface area contributed by atoms with E-state index in [1.807, 2.05) is 38.1 Å². The van der Waals surface area contributed by atoms with E-state index in [2.05, 4.69) is 15.3 Å². The van der Waals surface area contributed by atoms with Gasteiger partial charge in [0.2, 0.25) is 5.88 Å². The summed E-state index contributed by atoms with van der Waals surface area (Å²) in [6, 6.07) is 11.1. The second kappa shape index (κ2) is 7.49. The van der Waals surface area contributed by atoms with Crippen LogP contribution in [0.2, 0.25) is 5.02 Å². The van der Waals surface area contributed by atoms with Gasteiger partial charge in [-0.15, -0.1) is 0 Å². The van der Waals surface area contributed by atoms with E-state index in [1.54, 1.807) is 19.2 Å². The van der Waals surface area contributed by atoms with Crippen LogP contribution in [0.1, 0.15) is 11.1 Å². The van der Waals surface area contributed by atoms with Gasteiger partial charge in [-0.2, -0.15) is 4.98 Å². The number of nitrogen functional groups attached to an aromatic ring is 1. The second-order valence-corrected chi connectivity index (χ2v) is 6.19. The third-order valence-electron chi connectivity index (χ3n) is 3.80. The van der Waals surface area contributed by atoms with Gasteiger partial charge in [0.05, 0.1) is 12.8 Å². The van der Waals surface area contributed by atoms with Crippen LogP contribution in [0.3, 0.4) is 0 Å². The zero-order chi connectivity index (χ0) is 18.7. The summed E-state index contributed by atoms with van der Waals surface area (Å²) in [5, 5.41) is 3.85. The number of anilines is 3. The Hall–Kier alpha value is -2.99. The lowest BCUT2D eigenvalue weighted by Gasteiger charge is -2.14. The number of methoxy groups -OCH3 is 1. The Bertz CT molecular complexity index is 947. The van der Waals surface area contributed by atoms with Gasteiger partial charge in [0, 0.05) is 5.02 Å². The molecule has 0 unspecified atom stereocenters. The minimum Gasteiger partial charge on any atom is -0.495 e. The normalized spacial score (nSPS) is 10.5. The fourth-order valence-electron chi connectivity index (χ4n) is 2.40. The molecule has 0 aliphatic heterocycles. The van der Waals surface area contributed by atoms with Crippen LogP contribution in [0.15, 0.2) is 42.7 Å².